The van der Waals surface area contributed by atoms with Crippen LogP contribution in [-0.2, 0) is 5.41 Å². The fourth-order valence-electron chi connectivity index (χ4n) is 8.35. The van der Waals surface area contributed by atoms with Crippen molar-refractivity contribution in [1.82, 2.24) is 9.55 Å². The second-order valence-electron chi connectivity index (χ2n) is 15.9. The Morgan fingerprint density at radius 3 is 1.91 bits per heavy atom. The minimum absolute atomic E-state index is 0.0265. The van der Waals surface area contributed by atoms with Crippen LogP contribution in [0.5, 0.6) is 11.5 Å². The van der Waals surface area contributed by atoms with Crippen molar-refractivity contribution in [2.24, 2.45) is 0 Å². The lowest BCUT2D eigenvalue weighted by atomic mass is 9.88. The highest BCUT2D eigenvalue weighted by atomic mass is 16.5. The van der Waals surface area contributed by atoms with E-state index in [0.29, 0.717) is 18.0 Å². The van der Waals surface area contributed by atoms with E-state index >= 15 is 0 Å². The molecule has 0 spiro atoms. The van der Waals surface area contributed by atoms with Crippen molar-refractivity contribution in [3.63, 3.8) is 0 Å². The zero-order chi connectivity index (χ0) is 41.9. The lowest BCUT2D eigenvalue weighted by Crippen LogP contribution is -2.25. The Morgan fingerprint density at radius 1 is 0.569 bits per heavy atom. The first-order valence-electron chi connectivity index (χ1n) is 21.2. The molecule has 0 saturated carbocycles. The van der Waals surface area contributed by atoms with Crippen LogP contribution in [0.3, 0.4) is 0 Å². The molecule has 0 atom stereocenters. The molecular weight excluding hydrogens is 709 g/mol. The molecule has 0 amide bonds. The third-order valence-corrected chi connectivity index (χ3v) is 11.1. The topological polar surface area (TPSA) is 33.5 Å². The molecule has 9 aromatic rings. The Morgan fingerprint density at radius 2 is 1.21 bits per heavy atom. The highest BCUT2D eigenvalue weighted by molar-refractivity contribution is 6.09. The summed E-state index contributed by atoms with van der Waals surface area (Å²) >= 11 is 0. The van der Waals surface area contributed by atoms with E-state index in [4.69, 9.17) is 13.8 Å². The molecule has 0 radical (unpaired) electrons. The van der Waals surface area contributed by atoms with Crippen LogP contribution in [0.2, 0.25) is 0 Å². The van der Waals surface area contributed by atoms with Crippen LogP contribution < -0.4 is 14.5 Å². The molecule has 5 nitrogen and oxygen atoms in total. The number of aromatic nitrogens is 2. The lowest BCUT2D eigenvalue weighted by molar-refractivity contribution is 0.483. The van der Waals surface area contributed by atoms with E-state index in [1.165, 1.54) is 5.56 Å². The smallest absolute Gasteiger partial charge is 0.137 e. The van der Waals surface area contributed by atoms with Crippen LogP contribution in [0.4, 0.5) is 22.7 Å². The zero-order valence-electron chi connectivity index (χ0n) is 35.7. The van der Waals surface area contributed by atoms with E-state index in [1.807, 2.05) is 97.2 Å². The van der Waals surface area contributed by atoms with E-state index in [0.717, 1.165) is 78.4 Å². The number of rotatable bonds is 7. The molecule has 10 rings (SSSR count). The summed E-state index contributed by atoms with van der Waals surface area (Å²) in [4.78, 5) is 9.46. The lowest BCUT2D eigenvalue weighted by Gasteiger charge is -2.28. The van der Waals surface area contributed by atoms with Crippen LogP contribution >= 0.6 is 0 Å². The Labute approximate surface area is 344 Å². The highest BCUT2D eigenvalue weighted by Crippen LogP contribution is 2.50. The fraction of sp³-hybridized carbons (Fsp3) is 0.113. The number of para-hydroxylation sites is 3. The second-order valence-corrected chi connectivity index (χ2v) is 15.9. The van der Waals surface area contributed by atoms with Crippen LogP contribution in [0.1, 0.15) is 36.0 Å². The van der Waals surface area contributed by atoms with Gasteiger partial charge in [-0.15, -0.1) is 0 Å². The van der Waals surface area contributed by atoms with Gasteiger partial charge in [0.05, 0.1) is 28.1 Å². The quantitative estimate of drug-likeness (QED) is 0.162. The van der Waals surface area contributed by atoms with Gasteiger partial charge in [-0.25, -0.2) is 4.98 Å². The third kappa shape index (κ3) is 6.25. The summed E-state index contributed by atoms with van der Waals surface area (Å²) in [7, 11) is 0. The molecule has 0 aliphatic carbocycles. The van der Waals surface area contributed by atoms with E-state index in [2.05, 4.69) is 120 Å². The molecule has 1 aliphatic heterocycles. The molecule has 5 heteroatoms. The maximum Gasteiger partial charge on any atom is 0.137 e. The maximum atomic E-state index is 8.47. The molecule has 0 fully saturated rings. The van der Waals surface area contributed by atoms with Crippen molar-refractivity contribution < 1.29 is 8.85 Å². The van der Waals surface area contributed by atoms with E-state index < -0.39 is 6.85 Å². The van der Waals surface area contributed by atoms with Crippen molar-refractivity contribution in [2.75, 3.05) is 16.5 Å². The molecule has 7 aromatic carbocycles. The van der Waals surface area contributed by atoms with Gasteiger partial charge in [0.1, 0.15) is 24.0 Å². The van der Waals surface area contributed by atoms with Crippen molar-refractivity contribution in [3.8, 4) is 39.6 Å². The fourth-order valence-corrected chi connectivity index (χ4v) is 8.35. The number of hydrogen-bond acceptors (Lipinski definition) is 4. The number of hydrogen-bond donors (Lipinski definition) is 0. The van der Waals surface area contributed by atoms with Crippen LogP contribution in [-0.4, -0.2) is 16.2 Å². The molecule has 58 heavy (non-hydrogen) atoms. The first-order valence-corrected chi connectivity index (χ1v) is 19.7. The largest absolute Gasteiger partial charge is 0.457 e. The standard InChI is InChI=1S/C53H44N4O/c1-36-30-45(37-16-7-5-8-17-37)52(46(31-36)38-18-9-6-10-19-38)56-35-55(48-24-13-14-25-49(48)56)40-20-15-21-41(33-40)58-42-26-27-44-43-22-11-12-23-47(43)57(50(44)34-42)51-32-39(28-29-54-51)53(2,3)4/h5-34H,35H2,1-4H3/i1D3. The average Bonchev–Trinajstić information content (AvgIpc) is 3.82. The van der Waals surface area contributed by atoms with Gasteiger partial charge in [0, 0.05) is 50.0 Å². The summed E-state index contributed by atoms with van der Waals surface area (Å²) in [6.45, 7) is 4.86. The Balaban J connectivity index is 1.05. The maximum absolute atomic E-state index is 8.47. The predicted molar refractivity (Wildman–Crippen MR) is 241 cm³/mol. The van der Waals surface area contributed by atoms with Crippen molar-refractivity contribution >= 4 is 44.6 Å². The summed E-state index contributed by atoms with van der Waals surface area (Å²) in [6.07, 6.45) is 1.90. The second kappa shape index (κ2) is 14.1. The number of nitrogens with zero attached hydrogens (tertiary/aromatic N) is 4. The number of benzene rings is 7. The summed E-state index contributed by atoms with van der Waals surface area (Å²) < 4.78 is 34.4. The first kappa shape index (κ1) is 32.0. The number of fused-ring (bicyclic) bond motifs is 4. The molecule has 0 bridgehead atoms. The average molecular weight is 756 g/mol. The monoisotopic (exact) mass is 755 g/mol. The summed E-state index contributed by atoms with van der Waals surface area (Å²) in [5.41, 5.74) is 11.2. The molecular formula is C53H44N4O. The molecule has 3 heterocycles. The highest BCUT2D eigenvalue weighted by Gasteiger charge is 2.31. The zero-order valence-corrected chi connectivity index (χ0v) is 32.7. The van der Waals surface area contributed by atoms with Crippen molar-refractivity contribution in [3.05, 3.63) is 193 Å². The Bertz CT molecular complexity index is 3020. The van der Waals surface area contributed by atoms with Crippen molar-refractivity contribution in [2.45, 2.75) is 33.0 Å². The van der Waals surface area contributed by atoms with Gasteiger partial charge in [0.2, 0.25) is 0 Å². The minimum Gasteiger partial charge on any atom is -0.457 e. The molecule has 1 aliphatic rings. The van der Waals surface area contributed by atoms with Gasteiger partial charge in [-0.1, -0.05) is 118 Å². The predicted octanol–water partition coefficient (Wildman–Crippen LogP) is 14.2. The van der Waals surface area contributed by atoms with Gasteiger partial charge in [0.15, 0.2) is 0 Å². The Kier molecular flexibility index (Phi) is 7.80. The van der Waals surface area contributed by atoms with Crippen molar-refractivity contribution in [1.29, 1.82) is 0 Å². The molecule has 0 unspecified atom stereocenters. The molecule has 282 valence electrons. The van der Waals surface area contributed by atoms with Gasteiger partial charge in [-0.05, 0) is 101 Å². The first-order chi connectivity index (χ1) is 29.5. The Hall–Kier alpha value is -7.11. The van der Waals surface area contributed by atoms with E-state index in [-0.39, 0.29) is 5.41 Å². The summed E-state index contributed by atoms with van der Waals surface area (Å²) in [5, 5.41) is 2.29. The third-order valence-electron chi connectivity index (χ3n) is 11.1. The van der Waals surface area contributed by atoms with Gasteiger partial charge < -0.3 is 14.5 Å². The number of anilines is 4. The number of aryl methyl sites for hydroxylation is 1. The van der Waals surface area contributed by atoms with E-state index in [1.54, 1.807) is 0 Å². The SMILES string of the molecule is [2H]C([2H])([2H])c1cc(-c2ccccc2)c(N2CN(c3cccc(Oc4ccc5c6ccccc6n(-c6cc(C(C)(C)C)ccn6)c5c4)c3)c3ccccc32)c(-c2ccccc2)c1. The van der Waals surface area contributed by atoms with Crippen LogP contribution in [0, 0.1) is 6.85 Å². The van der Waals surface area contributed by atoms with Gasteiger partial charge >= 0.3 is 0 Å². The summed E-state index contributed by atoms with van der Waals surface area (Å²) in [5.74, 6) is 2.30. The minimum atomic E-state index is -2.30. The summed E-state index contributed by atoms with van der Waals surface area (Å²) in [6, 6.07) is 59.5. The number of ether oxygens (including phenoxy) is 1. The van der Waals surface area contributed by atoms with Gasteiger partial charge in [-0.3, -0.25) is 4.57 Å². The van der Waals surface area contributed by atoms with E-state index in [9.17, 15) is 0 Å². The molecule has 0 saturated heterocycles. The van der Waals surface area contributed by atoms with Crippen LogP contribution in [0.25, 0.3) is 49.9 Å². The normalized spacial score (nSPS) is 13.7. The number of pyridine rings is 1. The van der Waals surface area contributed by atoms with Gasteiger partial charge in [0.25, 0.3) is 0 Å². The molecule has 0 N–H and O–H groups in total. The van der Waals surface area contributed by atoms with Crippen LogP contribution in [0.15, 0.2) is 182 Å². The molecule has 2 aromatic heterocycles. The van der Waals surface area contributed by atoms with Gasteiger partial charge in [-0.2, -0.15) is 0 Å².